The van der Waals surface area contributed by atoms with E-state index in [4.69, 9.17) is 9.84 Å². The predicted octanol–water partition coefficient (Wildman–Crippen LogP) is 2.87. The fourth-order valence-electron chi connectivity index (χ4n) is 3.31. The summed E-state index contributed by atoms with van der Waals surface area (Å²) in [5.41, 5.74) is 0.612. The van der Waals surface area contributed by atoms with E-state index < -0.39 is 28.5 Å². The first kappa shape index (κ1) is 24.0. The number of carbonyl (C=O) groups is 2. The Morgan fingerprint density at radius 1 is 1.12 bits per heavy atom. The first-order valence-corrected chi connectivity index (χ1v) is 11.7. The Morgan fingerprint density at radius 2 is 1.82 bits per heavy atom. The lowest BCUT2D eigenvalue weighted by molar-refractivity contribution is -0.139. The van der Waals surface area contributed by atoms with Gasteiger partial charge in [-0.1, -0.05) is 24.6 Å². The molecule has 0 atom stereocenters. The molecule has 0 saturated carbocycles. The van der Waals surface area contributed by atoms with Crippen LogP contribution in [0.3, 0.4) is 0 Å². The molecule has 0 aromatic heterocycles. The molecule has 9 nitrogen and oxygen atoms in total. The van der Waals surface area contributed by atoms with Gasteiger partial charge in [0.15, 0.2) is 6.61 Å². The molecule has 1 heterocycles. The average Bonchev–Trinajstić information content (AvgIpc) is 2.82. The Hall–Kier alpha value is -3.68. The lowest BCUT2D eigenvalue weighted by Gasteiger charge is -2.26. The minimum Gasteiger partial charge on any atom is -0.482 e. The smallest absolute Gasteiger partial charge is 0.341 e. The van der Waals surface area contributed by atoms with E-state index in [0.29, 0.717) is 24.4 Å². The zero-order valence-electron chi connectivity index (χ0n) is 17.7. The van der Waals surface area contributed by atoms with Gasteiger partial charge in [-0.25, -0.2) is 13.2 Å². The molecule has 0 spiro atoms. The SMILES string of the molecule is N#CC(=Cc1ccc(OCC(=O)O)cc1)C(=O)Nc1cccc(S(=O)(=O)N2CCCCC2)c1. The van der Waals surface area contributed by atoms with Crippen LogP contribution in [-0.2, 0) is 19.6 Å². The van der Waals surface area contributed by atoms with Crippen molar-refractivity contribution in [2.24, 2.45) is 0 Å². The number of benzene rings is 2. The number of amides is 1. The summed E-state index contributed by atoms with van der Waals surface area (Å²) in [7, 11) is -3.66. The first-order valence-electron chi connectivity index (χ1n) is 10.3. The van der Waals surface area contributed by atoms with Crippen molar-refractivity contribution in [2.75, 3.05) is 25.0 Å². The number of carbonyl (C=O) groups excluding carboxylic acids is 1. The summed E-state index contributed by atoms with van der Waals surface area (Å²) in [5.74, 6) is -1.45. The lowest BCUT2D eigenvalue weighted by atomic mass is 10.1. The largest absolute Gasteiger partial charge is 0.482 e. The molecular weight excluding hydrogens is 446 g/mol. The third kappa shape index (κ3) is 6.41. The number of ether oxygens (including phenoxy) is 1. The summed E-state index contributed by atoms with van der Waals surface area (Å²) < 4.78 is 32.2. The maximum absolute atomic E-state index is 12.9. The second-order valence-corrected chi connectivity index (χ2v) is 9.31. The molecule has 2 aromatic rings. The van der Waals surface area contributed by atoms with Gasteiger partial charge in [-0.2, -0.15) is 9.57 Å². The van der Waals surface area contributed by atoms with Crippen LogP contribution in [0.4, 0.5) is 5.69 Å². The second kappa shape index (κ2) is 10.8. The molecule has 33 heavy (non-hydrogen) atoms. The van der Waals surface area contributed by atoms with E-state index in [0.717, 1.165) is 19.3 Å². The van der Waals surface area contributed by atoms with Crippen LogP contribution in [0.15, 0.2) is 59.0 Å². The summed E-state index contributed by atoms with van der Waals surface area (Å²) in [6.45, 7) is 0.467. The number of carboxylic acid groups (broad SMARTS) is 1. The summed E-state index contributed by atoms with van der Waals surface area (Å²) >= 11 is 0. The van der Waals surface area contributed by atoms with Crippen molar-refractivity contribution in [3.05, 3.63) is 59.7 Å². The van der Waals surface area contributed by atoms with E-state index in [-0.39, 0.29) is 16.2 Å². The van der Waals surface area contributed by atoms with Gasteiger partial charge in [-0.3, -0.25) is 4.79 Å². The van der Waals surface area contributed by atoms with Crippen LogP contribution in [0.1, 0.15) is 24.8 Å². The van der Waals surface area contributed by atoms with Gasteiger partial charge >= 0.3 is 5.97 Å². The highest BCUT2D eigenvalue weighted by Crippen LogP contribution is 2.23. The quantitative estimate of drug-likeness (QED) is 0.448. The van der Waals surface area contributed by atoms with Gasteiger partial charge in [0.2, 0.25) is 10.0 Å². The minimum absolute atomic E-state index is 0.0848. The molecule has 0 aliphatic carbocycles. The Morgan fingerprint density at radius 3 is 2.45 bits per heavy atom. The topological polar surface area (TPSA) is 137 Å². The fourth-order valence-corrected chi connectivity index (χ4v) is 4.87. The van der Waals surface area contributed by atoms with Crippen LogP contribution < -0.4 is 10.1 Å². The molecule has 1 aliphatic heterocycles. The van der Waals surface area contributed by atoms with Crippen molar-refractivity contribution in [1.29, 1.82) is 5.26 Å². The number of carboxylic acids is 1. The number of nitriles is 1. The second-order valence-electron chi connectivity index (χ2n) is 7.37. The van der Waals surface area contributed by atoms with Crippen molar-refractivity contribution < 1.29 is 27.9 Å². The lowest BCUT2D eigenvalue weighted by Crippen LogP contribution is -2.35. The number of hydrogen-bond donors (Lipinski definition) is 2. The maximum atomic E-state index is 12.9. The Labute approximate surface area is 192 Å². The third-order valence-corrected chi connectivity index (χ3v) is 6.86. The number of sulfonamides is 1. The number of nitrogens with one attached hydrogen (secondary N) is 1. The molecule has 2 aromatic carbocycles. The van der Waals surface area contributed by atoms with Crippen molar-refractivity contribution in [3.8, 4) is 11.8 Å². The van der Waals surface area contributed by atoms with Crippen LogP contribution in [0.2, 0.25) is 0 Å². The molecule has 0 unspecified atom stereocenters. The standard InChI is InChI=1S/C23H23N3O6S/c24-15-18(13-17-7-9-20(10-8-17)32-16-22(27)28)23(29)25-19-5-4-6-21(14-19)33(30,31)26-11-2-1-3-12-26/h4-10,13-14H,1-3,11-12,16H2,(H,25,29)(H,27,28). The average molecular weight is 470 g/mol. The Kier molecular flexibility index (Phi) is 7.82. The summed E-state index contributed by atoms with van der Waals surface area (Å²) in [6.07, 6.45) is 4.01. The van der Waals surface area contributed by atoms with E-state index in [9.17, 15) is 23.3 Å². The number of piperidine rings is 1. The molecule has 0 radical (unpaired) electrons. The minimum atomic E-state index is -3.66. The number of rotatable bonds is 8. The zero-order chi connectivity index (χ0) is 23.8. The Bertz CT molecular complexity index is 1190. The first-order chi connectivity index (χ1) is 15.8. The molecule has 1 aliphatic rings. The van der Waals surface area contributed by atoms with Gasteiger partial charge in [0, 0.05) is 18.8 Å². The van der Waals surface area contributed by atoms with Crippen LogP contribution in [0.25, 0.3) is 6.08 Å². The fraction of sp³-hybridized carbons (Fsp3) is 0.261. The molecule has 10 heteroatoms. The highest BCUT2D eigenvalue weighted by Gasteiger charge is 2.26. The van der Waals surface area contributed by atoms with Crippen molar-refractivity contribution in [1.82, 2.24) is 4.31 Å². The molecule has 1 fully saturated rings. The monoisotopic (exact) mass is 469 g/mol. The molecule has 0 bridgehead atoms. The van der Waals surface area contributed by atoms with Crippen molar-refractivity contribution in [2.45, 2.75) is 24.2 Å². The molecule has 172 valence electrons. The van der Waals surface area contributed by atoms with Crippen molar-refractivity contribution >= 4 is 33.7 Å². The molecule has 2 N–H and O–H groups in total. The Balaban J connectivity index is 1.72. The van der Waals surface area contributed by atoms with Gasteiger partial charge in [0.25, 0.3) is 5.91 Å². The number of anilines is 1. The van der Waals surface area contributed by atoms with Gasteiger partial charge in [-0.05, 0) is 54.8 Å². The third-order valence-electron chi connectivity index (χ3n) is 4.96. The molecular formula is C23H23N3O6S. The normalized spacial score (nSPS) is 14.8. The van der Waals surface area contributed by atoms with E-state index in [1.54, 1.807) is 18.2 Å². The van der Waals surface area contributed by atoms with Crippen LogP contribution in [0, 0.1) is 11.3 Å². The summed E-state index contributed by atoms with van der Waals surface area (Å²) in [6, 6.07) is 14.0. The molecule has 1 amide bonds. The van der Waals surface area contributed by atoms with E-state index in [1.807, 2.05) is 6.07 Å². The van der Waals surface area contributed by atoms with E-state index >= 15 is 0 Å². The van der Waals surface area contributed by atoms with Crippen molar-refractivity contribution in [3.63, 3.8) is 0 Å². The van der Waals surface area contributed by atoms with E-state index in [2.05, 4.69) is 5.32 Å². The van der Waals surface area contributed by atoms with Crippen LogP contribution in [0.5, 0.6) is 5.75 Å². The van der Waals surface area contributed by atoms with Crippen LogP contribution in [-0.4, -0.2) is 49.4 Å². The number of aliphatic carboxylic acids is 1. The summed E-state index contributed by atoms with van der Waals surface area (Å²) in [5, 5.41) is 20.6. The van der Waals surface area contributed by atoms with Gasteiger partial charge in [0.1, 0.15) is 17.4 Å². The highest BCUT2D eigenvalue weighted by molar-refractivity contribution is 7.89. The summed E-state index contributed by atoms with van der Waals surface area (Å²) in [4.78, 5) is 23.2. The number of nitrogens with zero attached hydrogens (tertiary/aromatic N) is 2. The van der Waals surface area contributed by atoms with Gasteiger partial charge in [0.05, 0.1) is 4.90 Å². The number of hydrogen-bond acceptors (Lipinski definition) is 6. The van der Waals surface area contributed by atoms with Gasteiger partial charge in [-0.15, -0.1) is 0 Å². The maximum Gasteiger partial charge on any atom is 0.341 e. The highest BCUT2D eigenvalue weighted by atomic mass is 32.2. The van der Waals surface area contributed by atoms with Crippen LogP contribution >= 0.6 is 0 Å². The predicted molar refractivity (Wildman–Crippen MR) is 121 cm³/mol. The van der Waals surface area contributed by atoms with Gasteiger partial charge < -0.3 is 15.2 Å². The van der Waals surface area contributed by atoms with E-state index in [1.165, 1.54) is 40.7 Å². The zero-order valence-corrected chi connectivity index (χ0v) is 18.5. The molecule has 1 saturated heterocycles. The molecule has 3 rings (SSSR count).